The van der Waals surface area contributed by atoms with Gasteiger partial charge in [0.1, 0.15) is 22.8 Å². The number of hydrogen-bond donors (Lipinski definition) is 4. The number of aromatic amines is 1. The molecule has 9 nitrogen and oxygen atoms in total. The molecule has 0 spiro atoms. The van der Waals surface area contributed by atoms with Crippen LogP contribution in [0.15, 0.2) is 54.7 Å². The van der Waals surface area contributed by atoms with E-state index in [9.17, 15) is 9.90 Å². The molecule has 0 radical (unpaired) electrons. The third-order valence-electron chi connectivity index (χ3n) is 5.06. The van der Waals surface area contributed by atoms with Gasteiger partial charge in [-0.15, -0.1) is 5.10 Å². The van der Waals surface area contributed by atoms with Gasteiger partial charge in [0.05, 0.1) is 13.7 Å². The van der Waals surface area contributed by atoms with E-state index in [0.717, 1.165) is 10.9 Å². The average Bonchev–Trinajstić information content (AvgIpc) is 3.22. The van der Waals surface area contributed by atoms with Crippen LogP contribution >= 0.6 is 0 Å². The minimum absolute atomic E-state index is 0.0646. The molecule has 5 N–H and O–H groups in total. The largest absolute Gasteiger partial charge is 0.505 e. The summed E-state index contributed by atoms with van der Waals surface area (Å²) in [6.07, 6.45) is 1.74. The number of aromatic nitrogens is 4. The van der Waals surface area contributed by atoms with Crippen molar-refractivity contribution in [3.05, 3.63) is 71.7 Å². The topological polar surface area (TPSA) is 139 Å². The first-order valence-electron chi connectivity index (χ1n) is 9.69. The zero-order valence-electron chi connectivity index (χ0n) is 16.9. The normalized spacial score (nSPS) is 11.9. The van der Waals surface area contributed by atoms with Crippen LogP contribution in [0.1, 0.15) is 29.3 Å². The number of ether oxygens (including phenoxy) is 1. The maximum absolute atomic E-state index is 12.8. The van der Waals surface area contributed by atoms with Crippen LogP contribution in [0.4, 0.5) is 5.95 Å². The number of hydrogen-bond acceptors (Lipinski definition) is 7. The fraction of sp³-hybridized carbons (Fsp3) is 0.182. The number of nitrogen functional groups attached to an aromatic ring is 1. The predicted octanol–water partition coefficient (Wildman–Crippen LogP) is 2.49. The minimum Gasteiger partial charge on any atom is -0.505 e. The number of phenolic OH excluding ortho intramolecular Hbond substituents is 1. The molecule has 1 atom stereocenters. The number of fused-ring (bicyclic) bond motifs is 1. The van der Waals surface area contributed by atoms with Crippen molar-refractivity contribution in [1.82, 2.24) is 25.5 Å². The molecule has 0 bridgehead atoms. The Labute approximate surface area is 178 Å². The Kier molecular flexibility index (Phi) is 5.65. The molecule has 1 unspecified atom stereocenters. The van der Waals surface area contributed by atoms with Gasteiger partial charge >= 0.3 is 0 Å². The average molecular weight is 418 g/mol. The summed E-state index contributed by atoms with van der Waals surface area (Å²) >= 11 is 0. The van der Waals surface area contributed by atoms with Crippen LogP contribution in [0.2, 0.25) is 0 Å². The summed E-state index contributed by atoms with van der Waals surface area (Å²) in [5.41, 5.74) is 7.48. The Morgan fingerprint density at radius 2 is 2.03 bits per heavy atom. The molecule has 0 aliphatic heterocycles. The molecule has 31 heavy (non-hydrogen) atoms. The molecule has 2 heterocycles. The summed E-state index contributed by atoms with van der Waals surface area (Å²) in [6.45, 7) is 0.170. The van der Waals surface area contributed by atoms with Gasteiger partial charge in [-0.25, -0.2) is 0 Å². The lowest BCUT2D eigenvalue weighted by Gasteiger charge is -2.20. The van der Waals surface area contributed by atoms with Crippen molar-refractivity contribution in [2.45, 2.75) is 18.9 Å². The quantitative estimate of drug-likeness (QED) is 0.361. The smallest absolute Gasteiger partial charge is 0.239 e. The third kappa shape index (κ3) is 4.40. The number of methoxy groups -OCH3 is 1. The van der Waals surface area contributed by atoms with Gasteiger partial charge in [0.15, 0.2) is 0 Å². The van der Waals surface area contributed by atoms with Crippen LogP contribution in [0.3, 0.4) is 0 Å². The number of benzene rings is 2. The minimum atomic E-state index is -0.392. The van der Waals surface area contributed by atoms with Crippen molar-refractivity contribution in [2.24, 2.45) is 0 Å². The maximum atomic E-state index is 12.8. The van der Waals surface area contributed by atoms with Gasteiger partial charge in [-0.05, 0) is 23.8 Å². The summed E-state index contributed by atoms with van der Waals surface area (Å²) in [5, 5.41) is 21.0. The van der Waals surface area contributed by atoms with E-state index in [1.54, 1.807) is 13.3 Å². The van der Waals surface area contributed by atoms with Gasteiger partial charge < -0.3 is 20.9 Å². The Bertz CT molecular complexity index is 1210. The highest BCUT2D eigenvalue weighted by Crippen LogP contribution is 2.38. The molecule has 4 aromatic rings. The number of pyridine rings is 1. The van der Waals surface area contributed by atoms with Crippen LogP contribution in [0, 0.1) is 0 Å². The van der Waals surface area contributed by atoms with Gasteiger partial charge in [0.25, 0.3) is 0 Å². The molecule has 0 fully saturated rings. The molecule has 1 amide bonds. The molecule has 0 saturated heterocycles. The van der Waals surface area contributed by atoms with Crippen LogP contribution < -0.4 is 15.8 Å². The van der Waals surface area contributed by atoms with Gasteiger partial charge in [0, 0.05) is 29.5 Å². The lowest BCUT2D eigenvalue weighted by Crippen LogP contribution is -2.25. The summed E-state index contributed by atoms with van der Waals surface area (Å²) in [6, 6.07) is 14.8. The molecule has 0 aliphatic rings. The number of nitrogens with one attached hydrogen (secondary N) is 2. The number of carbonyl (C=O) groups excluding carboxylic acids is 1. The summed E-state index contributed by atoms with van der Waals surface area (Å²) < 4.78 is 5.24. The Morgan fingerprint density at radius 1 is 1.23 bits per heavy atom. The first-order valence-corrected chi connectivity index (χ1v) is 9.69. The zero-order valence-corrected chi connectivity index (χ0v) is 16.9. The van der Waals surface area contributed by atoms with E-state index in [1.807, 2.05) is 48.5 Å². The van der Waals surface area contributed by atoms with E-state index < -0.39 is 5.92 Å². The molecular weight excluding hydrogens is 396 g/mol. The summed E-state index contributed by atoms with van der Waals surface area (Å²) in [4.78, 5) is 21.0. The number of phenols is 1. The van der Waals surface area contributed by atoms with Crippen LogP contribution in [-0.2, 0) is 11.3 Å². The standard InChI is InChI=1S/C22H22N6O3/c1-31-15-7-4-13(5-8-15)17(11-19(29)25-12-18-26-22(23)28-27-18)16-9-6-14-3-2-10-24-20(14)21(16)30/h2-10,17,30H,11-12H2,1H3,(H,25,29)(H3,23,26,27,28). The molecule has 0 saturated carbocycles. The van der Waals surface area contributed by atoms with Crippen molar-refractivity contribution < 1.29 is 14.6 Å². The number of amides is 1. The van der Waals surface area contributed by atoms with Gasteiger partial charge in [-0.1, -0.05) is 30.3 Å². The molecule has 2 aromatic heterocycles. The molecule has 4 rings (SSSR count). The fourth-order valence-electron chi connectivity index (χ4n) is 3.50. The molecule has 9 heteroatoms. The molecule has 0 aliphatic carbocycles. The monoisotopic (exact) mass is 418 g/mol. The Hall–Kier alpha value is -4.14. The van der Waals surface area contributed by atoms with E-state index in [-0.39, 0.29) is 30.6 Å². The second-order valence-electron chi connectivity index (χ2n) is 7.03. The lowest BCUT2D eigenvalue weighted by molar-refractivity contribution is -0.121. The maximum Gasteiger partial charge on any atom is 0.239 e. The zero-order chi connectivity index (χ0) is 21.8. The molecular formula is C22H22N6O3. The van der Waals surface area contributed by atoms with Crippen molar-refractivity contribution >= 4 is 22.8 Å². The van der Waals surface area contributed by atoms with E-state index >= 15 is 0 Å². The molecule has 158 valence electrons. The summed E-state index contributed by atoms with van der Waals surface area (Å²) in [7, 11) is 1.59. The lowest BCUT2D eigenvalue weighted by atomic mass is 9.87. The number of aromatic hydroxyl groups is 1. The number of anilines is 1. The van der Waals surface area contributed by atoms with Crippen molar-refractivity contribution in [2.75, 3.05) is 12.8 Å². The molecule has 2 aromatic carbocycles. The van der Waals surface area contributed by atoms with Crippen LogP contribution in [-0.4, -0.2) is 38.3 Å². The summed E-state index contributed by atoms with van der Waals surface area (Å²) in [5.74, 6) is 0.751. The number of carbonyl (C=O) groups is 1. The first kappa shape index (κ1) is 20.1. The Morgan fingerprint density at radius 3 is 2.74 bits per heavy atom. The van der Waals surface area contributed by atoms with E-state index in [4.69, 9.17) is 10.5 Å². The van der Waals surface area contributed by atoms with Gasteiger partial charge in [-0.3, -0.25) is 14.9 Å². The number of nitrogens with zero attached hydrogens (tertiary/aromatic N) is 3. The van der Waals surface area contributed by atoms with Gasteiger partial charge in [0.2, 0.25) is 11.9 Å². The van der Waals surface area contributed by atoms with E-state index in [2.05, 4.69) is 25.5 Å². The first-order chi connectivity index (χ1) is 15.0. The van der Waals surface area contributed by atoms with Crippen molar-refractivity contribution in [3.63, 3.8) is 0 Å². The Balaban J connectivity index is 1.64. The van der Waals surface area contributed by atoms with Crippen molar-refractivity contribution in [1.29, 1.82) is 0 Å². The second kappa shape index (κ2) is 8.70. The van der Waals surface area contributed by atoms with Crippen LogP contribution in [0.5, 0.6) is 11.5 Å². The predicted molar refractivity (Wildman–Crippen MR) is 116 cm³/mol. The fourth-order valence-corrected chi connectivity index (χ4v) is 3.50. The highest BCUT2D eigenvalue weighted by molar-refractivity contribution is 5.86. The van der Waals surface area contributed by atoms with Crippen molar-refractivity contribution in [3.8, 4) is 11.5 Å². The SMILES string of the molecule is COc1ccc(C(CC(=O)NCc2nc(N)n[nH]2)c2ccc3cccnc3c2O)cc1. The highest BCUT2D eigenvalue weighted by atomic mass is 16.5. The second-order valence-corrected chi connectivity index (χ2v) is 7.03. The van der Waals surface area contributed by atoms with Gasteiger partial charge in [-0.2, -0.15) is 4.98 Å². The van der Waals surface area contributed by atoms with E-state index in [1.165, 1.54) is 0 Å². The number of nitrogens with two attached hydrogens (primary N) is 1. The number of rotatable bonds is 7. The van der Waals surface area contributed by atoms with Crippen LogP contribution in [0.25, 0.3) is 10.9 Å². The highest BCUT2D eigenvalue weighted by Gasteiger charge is 2.23. The number of H-pyrrole nitrogens is 1. The van der Waals surface area contributed by atoms with E-state index in [0.29, 0.717) is 22.7 Å². The third-order valence-corrected chi connectivity index (χ3v) is 5.06.